The van der Waals surface area contributed by atoms with Crippen LogP contribution in [0.2, 0.25) is 5.02 Å². The monoisotopic (exact) mass is 338 g/mol. The SMILES string of the molecule is COC(=O)c1ncc(NC(=O)Nc2n[nH]c(C(C)C)n2)cc1Cl. The Morgan fingerprint density at radius 2 is 2.09 bits per heavy atom. The number of rotatable bonds is 4. The van der Waals surface area contributed by atoms with Crippen LogP contribution in [0.25, 0.3) is 0 Å². The molecule has 122 valence electrons. The third-order valence-electron chi connectivity index (χ3n) is 2.75. The number of hydrogen-bond acceptors (Lipinski definition) is 6. The minimum Gasteiger partial charge on any atom is -0.464 e. The minimum absolute atomic E-state index is 0.0318. The molecule has 2 rings (SSSR count). The van der Waals surface area contributed by atoms with Crippen LogP contribution in [0.15, 0.2) is 12.3 Å². The van der Waals surface area contributed by atoms with Crippen molar-refractivity contribution in [3.05, 3.63) is 28.8 Å². The lowest BCUT2D eigenvalue weighted by Crippen LogP contribution is -2.20. The Balaban J connectivity index is 2.02. The molecule has 2 aromatic heterocycles. The highest BCUT2D eigenvalue weighted by molar-refractivity contribution is 6.33. The first-order valence-electron chi connectivity index (χ1n) is 6.65. The number of H-pyrrole nitrogens is 1. The summed E-state index contributed by atoms with van der Waals surface area (Å²) >= 11 is 5.92. The summed E-state index contributed by atoms with van der Waals surface area (Å²) in [5.41, 5.74) is 0.274. The molecule has 2 heterocycles. The van der Waals surface area contributed by atoms with Gasteiger partial charge in [0.1, 0.15) is 5.82 Å². The molecule has 9 nitrogen and oxygen atoms in total. The number of pyridine rings is 1. The summed E-state index contributed by atoms with van der Waals surface area (Å²) in [6.07, 6.45) is 1.29. The zero-order chi connectivity index (χ0) is 17.0. The summed E-state index contributed by atoms with van der Waals surface area (Å²) in [6.45, 7) is 3.89. The number of aromatic nitrogens is 4. The van der Waals surface area contributed by atoms with Crippen molar-refractivity contribution < 1.29 is 14.3 Å². The van der Waals surface area contributed by atoms with Crippen molar-refractivity contribution in [3.63, 3.8) is 0 Å². The van der Waals surface area contributed by atoms with Crippen LogP contribution in [0, 0.1) is 0 Å². The highest BCUT2D eigenvalue weighted by Crippen LogP contribution is 2.19. The molecule has 0 aromatic carbocycles. The maximum atomic E-state index is 11.9. The summed E-state index contributed by atoms with van der Waals surface area (Å²) in [5.74, 6) is 0.312. The van der Waals surface area contributed by atoms with Gasteiger partial charge in [-0.05, 0) is 6.07 Å². The van der Waals surface area contributed by atoms with Gasteiger partial charge in [-0.15, -0.1) is 5.10 Å². The predicted molar refractivity (Wildman–Crippen MR) is 83.7 cm³/mol. The number of amides is 2. The number of urea groups is 1. The van der Waals surface area contributed by atoms with Gasteiger partial charge in [0.05, 0.1) is 24.0 Å². The van der Waals surface area contributed by atoms with Crippen molar-refractivity contribution in [2.24, 2.45) is 0 Å². The lowest BCUT2D eigenvalue weighted by molar-refractivity contribution is 0.0594. The maximum Gasteiger partial charge on any atom is 0.358 e. The van der Waals surface area contributed by atoms with Gasteiger partial charge in [0.25, 0.3) is 0 Å². The topological polar surface area (TPSA) is 122 Å². The quantitative estimate of drug-likeness (QED) is 0.736. The van der Waals surface area contributed by atoms with E-state index in [1.807, 2.05) is 13.8 Å². The summed E-state index contributed by atoms with van der Waals surface area (Å²) < 4.78 is 4.53. The smallest absolute Gasteiger partial charge is 0.358 e. The zero-order valence-electron chi connectivity index (χ0n) is 12.7. The molecule has 0 saturated heterocycles. The van der Waals surface area contributed by atoms with E-state index >= 15 is 0 Å². The number of carbonyl (C=O) groups excluding carboxylic acids is 2. The van der Waals surface area contributed by atoms with Gasteiger partial charge in [0.15, 0.2) is 5.69 Å². The lowest BCUT2D eigenvalue weighted by atomic mass is 10.2. The fraction of sp³-hybridized carbons (Fsp3) is 0.308. The number of hydrogen-bond donors (Lipinski definition) is 3. The Morgan fingerprint density at radius 1 is 1.35 bits per heavy atom. The molecule has 2 amide bonds. The molecule has 3 N–H and O–H groups in total. The van der Waals surface area contributed by atoms with E-state index in [1.54, 1.807) is 0 Å². The second-order valence-electron chi connectivity index (χ2n) is 4.82. The number of nitrogens with one attached hydrogen (secondary N) is 3. The zero-order valence-corrected chi connectivity index (χ0v) is 13.4. The Kier molecular flexibility index (Phi) is 5.12. The average Bonchev–Trinajstić information content (AvgIpc) is 2.95. The van der Waals surface area contributed by atoms with Crippen LogP contribution in [0.4, 0.5) is 16.4 Å². The number of aromatic amines is 1. The molecule has 0 aliphatic heterocycles. The number of esters is 1. The van der Waals surface area contributed by atoms with Gasteiger partial charge in [-0.3, -0.25) is 10.4 Å². The second kappa shape index (κ2) is 7.05. The first kappa shape index (κ1) is 16.7. The van der Waals surface area contributed by atoms with Crippen molar-refractivity contribution in [1.29, 1.82) is 0 Å². The lowest BCUT2D eigenvalue weighted by Gasteiger charge is -2.07. The van der Waals surface area contributed by atoms with Gasteiger partial charge in [-0.25, -0.2) is 14.6 Å². The van der Waals surface area contributed by atoms with E-state index < -0.39 is 12.0 Å². The van der Waals surface area contributed by atoms with Gasteiger partial charge in [-0.2, -0.15) is 4.98 Å². The van der Waals surface area contributed by atoms with E-state index in [0.29, 0.717) is 11.5 Å². The molecule has 0 radical (unpaired) electrons. The van der Waals surface area contributed by atoms with Crippen molar-refractivity contribution in [3.8, 4) is 0 Å². The van der Waals surface area contributed by atoms with Crippen molar-refractivity contribution in [1.82, 2.24) is 20.2 Å². The fourth-order valence-corrected chi connectivity index (χ4v) is 1.85. The van der Waals surface area contributed by atoms with Gasteiger partial charge in [-0.1, -0.05) is 25.4 Å². The van der Waals surface area contributed by atoms with Crippen LogP contribution in [0.1, 0.15) is 36.1 Å². The van der Waals surface area contributed by atoms with Crippen LogP contribution in [-0.2, 0) is 4.74 Å². The van der Waals surface area contributed by atoms with Crippen LogP contribution >= 0.6 is 11.6 Å². The number of nitrogens with zero attached hydrogens (tertiary/aromatic N) is 3. The average molecular weight is 339 g/mol. The molecule has 0 bridgehead atoms. The molecule has 0 unspecified atom stereocenters. The largest absolute Gasteiger partial charge is 0.464 e. The molecule has 0 aliphatic rings. The van der Waals surface area contributed by atoms with E-state index in [9.17, 15) is 9.59 Å². The number of methoxy groups -OCH3 is 1. The molecular weight excluding hydrogens is 324 g/mol. The van der Waals surface area contributed by atoms with E-state index in [1.165, 1.54) is 19.4 Å². The van der Waals surface area contributed by atoms with E-state index in [-0.39, 0.29) is 22.6 Å². The summed E-state index contributed by atoms with van der Waals surface area (Å²) in [6, 6.07) is 0.820. The molecule has 0 fully saturated rings. The van der Waals surface area contributed by atoms with Crippen LogP contribution in [-0.4, -0.2) is 39.3 Å². The predicted octanol–water partition coefficient (Wildman–Crippen LogP) is 2.41. The van der Waals surface area contributed by atoms with Crippen molar-refractivity contribution in [2.45, 2.75) is 19.8 Å². The van der Waals surface area contributed by atoms with Crippen molar-refractivity contribution in [2.75, 3.05) is 17.7 Å². The Labute approximate surface area is 136 Å². The third kappa shape index (κ3) is 4.16. The fourth-order valence-electron chi connectivity index (χ4n) is 1.61. The number of ether oxygens (including phenoxy) is 1. The molecule has 0 spiro atoms. The molecular formula is C13H15ClN6O3. The number of anilines is 2. The summed E-state index contributed by atoms with van der Waals surface area (Å²) in [5, 5.41) is 11.6. The highest BCUT2D eigenvalue weighted by Gasteiger charge is 2.14. The summed E-state index contributed by atoms with van der Waals surface area (Å²) in [7, 11) is 1.22. The Hall–Kier alpha value is -2.68. The standard InChI is InChI=1S/C13H15ClN6O3/c1-6(2)10-17-12(20-19-10)18-13(22)16-7-4-8(14)9(15-5-7)11(21)23-3/h4-6H,1-3H3,(H3,16,17,18,19,20,22). The number of halogens is 1. The molecule has 23 heavy (non-hydrogen) atoms. The minimum atomic E-state index is -0.659. The molecule has 10 heteroatoms. The maximum absolute atomic E-state index is 11.9. The first-order valence-corrected chi connectivity index (χ1v) is 7.02. The van der Waals surface area contributed by atoms with Gasteiger partial charge < -0.3 is 10.1 Å². The first-order chi connectivity index (χ1) is 10.9. The molecule has 0 atom stereocenters. The van der Waals surface area contributed by atoms with E-state index in [4.69, 9.17) is 11.6 Å². The van der Waals surface area contributed by atoms with Gasteiger partial charge in [0, 0.05) is 5.92 Å². The van der Waals surface area contributed by atoms with E-state index in [2.05, 4.69) is 35.5 Å². The van der Waals surface area contributed by atoms with Gasteiger partial charge in [0.2, 0.25) is 5.95 Å². The van der Waals surface area contributed by atoms with Crippen LogP contribution in [0.3, 0.4) is 0 Å². The number of carbonyl (C=O) groups is 2. The van der Waals surface area contributed by atoms with Gasteiger partial charge >= 0.3 is 12.0 Å². The van der Waals surface area contributed by atoms with Crippen LogP contribution < -0.4 is 10.6 Å². The third-order valence-corrected chi connectivity index (χ3v) is 3.04. The molecule has 0 saturated carbocycles. The molecule has 2 aromatic rings. The van der Waals surface area contributed by atoms with Crippen molar-refractivity contribution >= 4 is 35.2 Å². The van der Waals surface area contributed by atoms with E-state index in [0.717, 1.165) is 0 Å². The highest BCUT2D eigenvalue weighted by atomic mass is 35.5. The molecule has 0 aliphatic carbocycles. The summed E-state index contributed by atoms with van der Waals surface area (Å²) in [4.78, 5) is 31.2. The Bertz CT molecular complexity index is 730. The normalized spacial score (nSPS) is 10.5. The Morgan fingerprint density at radius 3 is 2.65 bits per heavy atom. The second-order valence-corrected chi connectivity index (χ2v) is 5.23. The van der Waals surface area contributed by atoms with Crippen LogP contribution in [0.5, 0.6) is 0 Å².